The molecular weight excluding hydrogens is 188 g/mol. The monoisotopic (exact) mass is 206 g/mol. The average Bonchev–Trinajstić information content (AvgIpc) is 2.28. The fourth-order valence-corrected chi connectivity index (χ4v) is 3.67. The van der Waals surface area contributed by atoms with Gasteiger partial charge in [0.15, 0.2) is 9.84 Å². The molecule has 0 radical (unpaired) electrons. The molecule has 1 fully saturated rings. The van der Waals surface area contributed by atoms with Gasteiger partial charge in [-0.25, -0.2) is 8.42 Å². The van der Waals surface area contributed by atoms with E-state index >= 15 is 0 Å². The van der Waals surface area contributed by atoms with Gasteiger partial charge in [-0.2, -0.15) is 0 Å². The summed E-state index contributed by atoms with van der Waals surface area (Å²) in [5.74, 6) is 0.846. The lowest BCUT2D eigenvalue weighted by Crippen LogP contribution is -2.23. The average molecular weight is 206 g/mol. The van der Waals surface area contributed by atoms with Crippen molar-refractivity contribution in [3.63, 3.8) is 0 Å². The van der Waals surface area contributed by atoms with Crippen LogP contribution in [-0.2, 0) is 9.84 Å². The van der Waals surface area contributed by atoms with Gasteiger partial charge < -0.3 is 5.11 Å². The lowest BCUT2D eigenvalue weighted by atomic mass is 9.94. The second kappa shape index (κ2) is 3.96. The van der Waals surface area contributed by atoms with E-state index in [9.17, 15) is 13.5 Å². The molecule has 1 saturated heterocycles. The molecule has 0 spiro atoms. The molecule has 1 heterocycles. The highest BCUT2D eigenvalue weighted by Gasteiger charge is 2.32. The van der Waals surface area contributed by atoms with E-state index in [-0.39, 0.29) is 17.4 Å². The van der Waals surface area contributed by atoms with Crippen LogP contribution in [0.1, 0.15) is 26.7 Å². The first-order valence-corrected chi connectivity index (χ1v) is 6.61. The van der Waals surface area contributed by atoms with Crippen molar-refractivity contribution in [3.05, 3.63) is 0 Å². The number of hydrogen-bond donors (Lipinski definition) is 1. The summed E-state index contributed by atoms with van der Waals surface area (Å²) in [4.78, 5) is 0. The van der Waals surface area contributed by atoms with Gasteiger partial charge in [0.1, 0.15) is 0 Å². The first-order valence-electron chi connectivity index (χ1n) is 4.79. The normalized spacial score (nSPS) is 29.4. The molecular formula is C9H18O3S. The third kappa shape index (κ3) is 3.27. The number of hydrogen-bond acceptors (Lipinski definition) is 3. The second-order valence-corrected chi connectivity index (χ2v) is 6.59. The Morgan fingerprint density at radius 3 is 2.46 bits per heavy atom. The minimum absolute atomic E-state index is 0.0209. The van der Waals surface area contributed by atoms with Crippen molar-refractivity contribution in [1.29, 1.82) is 0 Å². The minimum Gasteiger partial charge on any atom is -0.393 e. The van der Waals surface area contributed by atoms with Crippen LogP contribution in [0.25, 0.3) is 0 Å². The topological polar surface area (TPSA) is 54.4 Å². The zero-order valence-corrected chi connectivity index (χ0v) is 9.05. The van der Waals surface area contributed by atoms with E-state index in [0.717, 1.165) is 0 Å². The predicted molar refractivity (Wildman–Crippen MR) is 52.2 cm³/mol. The maximum absolute atomic E-state index is 11.1. The zero-order chi connectivity index (χ0) is 10.1. The van der Waals surface area contributed by atoms with Crippen LogP contribution in [0.15, 0.2) is 0 Å². The lowest BCUT2D eigenvalue weighted by Gasteiger charge is -2.18. The highest BCUT2D eigenvalue weighted by Crippen LogP contribution is 2.24. The van der Waals surface area contributed by atoms with Crippen LogP contribution in [0, 0.1) is 11.8 Å². The van der Waals surface area contributed by atoms with E-state index in [1.54, 1.807) is 0 Å². The maximum atomic E-state index is 11.1. The van der Waals surface area contributed by atoms with Crippen LogP contribution in [0.3, 0.4) is 0 Å². The van der Waals surface area contributed by atoms with Gasteiger partial charge in [0.05, 0.1) is 17.6 Å². The number of sulfone groups is 1. The van der Waals surface area contributed by atoms with E-state index in [0.29, 0.717) is 18.8 Å². The van der Waals surface area contributed by atoms with E-state index in [2.05, 4.69) is 0 Å². The molecule has 0 aromatic carbocycles. The SMILES string of the molecule is CC(C)CC(O)C1CCS(=O)(=O)C1. The van der Waals surface area contributed by atoms with Gasteiger partial charge in [0.2, 0.25) is 0 Å². The summed E-state index contributed by atoms with van der Waals surface area (Å²) < 4.78 is 22.2. The Balaban J connectivity index is 2.47. The van der Waals surface area contributed by atoms with Crippen LogP contribution in [-0.4, -0.2) is 31.1 Å². The van der Waals surface area contributed by atoms with E-state index in [1.807, 2.05) is 13.8 Å². The highest BCUT2D eigenvalue weighted by atomic mass is 32.2. The number of aliphatic hydroxyl groups is 1. The standard InChI is InChI=1S/C9H18O3S/c1-7(2)5-9(10)8-3-4-13(11,12)6-8/h7-10H,3-6H2,1-2H3. The summed E-state index contributed by atoms with van der Waals surface area (Å²) in [5, 5.41) is 9.69. The van der Waals surface area contributed by atoms with E-state index in [1.165, 1.54) is 0 Å². The van der Waals surface area contributed by atoms with Crippen molar-refractivity contribution in [1.82, 2.24) is 0 Å². The summed E-state index contributed by atoms with van der Waals surface area (Å²) in [6.45, 7) is 4.07. The van der Waals surface area contributed by atoms with E-state index < -0.39 is 15.9 Å². The zero-order valence-electron chi connectivity index (χ0n) is 8.23. The first-order chi connectivity index (χ1) is 5.91. The maximum Gasteiger partial charge on any atom is 0.150 e. The highest BCUT2D eigenvalue weighted by molar-refractivity contribution is 7.91. The third-order valence-electron chi connectivity index (χ3n) is 2.52. The van der Waals surface area contributed by atoms with Gasteiger partial charge in [-0.15, -0.1) is 0 Å². The first kappa shape index (κ1) is 11.0. The molecule has 1 aliphatic rings. The second-order valence-electron chi connectivity index (χ2n) is 4.36. The molecule has 2 unspecified atom stereocenters. The molecule has 2 atom stereocenters. The summed E-state index contributed by atoms with van der Waals surface area (Å²) >= 11 is 0. The fraction of sp³-hybridized carbons (Fsp3) is 1.00. The Labute approximate surface area is 80.1 Å². The molecule has 78 valence electrons. The molecule has 0 amide bonds. The molecule has 1 N–H and O–H groups in total. The van der Waals surface area contributed by atoms with Gasteiger partial charge in [-0.1, -0.05) is 13.8 Å². The quantitative estimate of drug-likeness (QED) is 0.744. The van der Waals surface area contributed by atoms with Crippen molar-refractivity contribution >= 4 is 9.84 Å². The van der Waals surface area contributed by atoms with Gasteiger partial charge in [-0.05, 0) is 24.7 Å². The van der Waals surface area contributed by atoms with Crippen LogP contribution < -0.4 is 0 Å². The summed E-state index contributed by atoms with van der Waals surface area (Å²) in [6, 6.07) is 0. The molecule has 0 aromatic heterocycles. The van der Waals surface area contributed by atoms with Crippen molar-refractivity contribution in [2.24, 2.45) is 11.8 Å². The smallest absolute Gasteiger partial charge is 0.150 e. The van der Waals surface area contributed by atoms with Crippen LogP contribution >= 0.6 is 0 Å². The molecule has 4 heteroatoms. The molecule has 1 aliphatic heterocycles. The lowest BCUT2D eigenvalue weighted by molar-refractivity contribution is 0.0976. The molecule has 0 aliphatic carbocycles. The summed E-state index contributed by atoms with van der Waals surface area (Å²) in [6.07, 6.45) is 0.911. The Morgan fingerprint density at radius 1 is 1.46 bits per heavy atom. The van der Waals surface area contributed by atoms with Gasteiger partial charge in [0, 0.05) is 0 Å². The Kier molecular flexibility index (Phi) is 3.35. The summed E-state index contributed by atoms with van der Waals surface area (Å²) in [7, 11) is -2.84. The number of rotatable bonds is 3. The van der Waals surface area contributed by atoms with Crippen molar-refractivity contribution in [3.8, 4) is 0 Å². The van der Waals surface area contributed by atoms with Crippen LogP contribution in [0.5, 0.6) is 0 Å². The molecule has 13 heavy (non-hydrogen) atoms. The van der Waals surface area contributed by atoms with Crippen molar-refractivity contribution in [2.75, 3.05) is 11.5 Å². The molecule has 0 saturated carbocycles. The number of aliphatic hydroxyl groups excluding tert-OH is 1. The molecule has 3 nitrogen and oxygen atoms in total. The van der Waals surface area contributed by atoms with Crippen molar-refractivity contribution < 1.29 is 13.5 Å². The predicted octanol–water partition coefficient (Wildman–Crippen LogP) is 0.828. The van der Waals surface area contributed by atoms with Crippen molar-refractivity contribution in [2.45, 2.75) is 32.8 Å². The molecule has 0 aromatic rings. The Bertz CT molecular complexity index is 256. The Hall–Kier alpha value is -0.0900. The largest absolute Gasteiger partial charge is 0.393 e. The van der Waals surface area contributed by atoms with Gasteiger partial charge in [0.25, 0.3) is 0 Å². The Morgan fingerprint density at radius 2 is 2.08 bits per heavy atom. The van der Waals surface area contributed by atoms with Crippen LogP contribution in [0.4, 0.5) is 0 Å². The van der Waals surface area contributed by atoms with Gasteiger partial charge >= 0.3 is 0 Å². The molecule has 0 bridgehead atoms. The minimum atomic E-state index is -2.84. The van der Waals surface area contributed by atoms with E-state index in [4.69, 9.17) is 0 Å². The summed E-state index contributed by atoms with van der Waals surface area (Å²) in [5.41, 5.74) is 0. The molecule has 1 rings (SSSR count). The third-order valence-corrected chi connectivity index (χ3v) is 4.32. The fourth-order valence-electron chi connectivity index (χ4n) is 1.80. The van der Waals surface area contributed by atoms with Gasteiger partial charge in [-0.3, -0.25) is 0 Å². The van der Waals surface area contributed by atoms with Crippen LogP contribution in [0.2, 0.25) is 0 Å².